The van der Waals surface area contributed by atoms with Gasteiger partial charge in [-0.1, -0.05) is 18.2 Å². The van der Waals surface area contributed by atoms with Crippen molar-refractivity contribution in [1.29, 1.82) is 0 Å². The summed E-state index contributed by atoms with van der Waals surface area (Å²) in [4.78, 5) is 34.0. The number of benzene rings is 1. The molecule has 0 spiro atoms. The van der Waals surface area contributed by atoms with E-state index in [0.29, 0.717) is 11.1 Å². The summed E-state index contributed by atoms with van der Waals surface area (Å²) in [6.45, 7) is 1.84. The number of hydrogen-bond donors (Lipinski definition) is 0. The maximum atomic E-state index is 13.3. The molecule has 0 amide bonds. The lowest BCUT2D eigenvalue weighted by molar-refractivity contribution is -0.137. The Balaban J connectivity index is 1.90. The van der Waals surface area contributed by atoms with E-state index in [-0.39, 0.29) is 35.9 Å². The molecule has 3 aromatic heterocycles. The average molecular weight is 473 g/mol. The number of esters is 1. The smallest absolute Gasteiger partial charge is 0.416 e. The Bertz CT molecular complexity index is 1410. The van der Waals surface area contributed by atoms with Crippen LogP contribution in [0.2, 0.25) is 0 Å². The summed E-state index contributed by atoms with van der Waals surface area (Å²) in [7, 11) is 1.50. The molecule has 4 aromatic rings. The first-order chi connectivity index (χ1) is 16.2. The van der Waals surface area contributed by atoms with Crippen LogP contribution in [-0.2, 0) is 22.3 Å². The Morgan fingerprint density at radius 1 is 1.09 bits per heavy atom. The lowest BCUT2D eigenvalue weighted by Gasteiger charge is -2.09. The molecule has 11 heteroatoms. The molecule has 3 heterocycles. The third kappa shape index (κ3) is 4.42. The highest BCUT2D eigenvalue weighted by molar-refractivity contribution is 5.86. The van der Waals surface area contributed by atoms with Gasteiger partial charge in [-0.15, -0.1) is 0 Å². The second kappa shape index (κ2) is 9.10. The number of carbonyl (C=O) groups is 1. The molecule has 0 unspecified atom stereocenters. The quantitative estimate of drug-likeness (QED) is 0.384. The topological polar surface area (TPSA) is 96.5 Å². The number of oxazole rings is 1. The normalized spacial score (nSPS) is 11.7. The predicted octanol–water partition coefficient (Wildman–Crippen LogP) is 4.38. The Labute approximate surface area is 190 Å². The lowest BCUT2D eigenvalue weighted by Crippen LogP contribution is -2.20. The van der Waals surface area contributed by atoms with Crippen LogP contribution in [-0.4, -0.2) is 34.2 Å². The number of pyridine rings is 2. The fraction of sp³-hybridized carbons (Fsp3) is 0.217. The number of fused-ring (bicyclic) bond motifs is 1. The summed E-state index contributed by atoms with van der Waals surface area (Å²) in [5.74, 6) is -1.49. The van der Waals surface area contributed by atoms with E-state index in [9.17, 15) is 22.8 Å². The first-order valence-electron chi connectivity index (χ1n) is 10.1. The van der Waals surface area contributed by atoms with Crippen LogP contribution in [0.15, 0.2) is 57.9 Å². The summed E-state index contributed by atoms with van der Waals surface area (Å²) in [6, 6.07) is 9.13. The van der Waals surface area contributed by atoms with Crippen molar-refractivity contribution in [2.24, 2.45) is 0 Å². The predicted molar refractivity (Wildman–Crippen MR) is 115 cm³/mol. The first kappa shape index (κ1) is 23.2. The molecule has 0 aliphatic rings. The van der Waals surface area contributed by atoms with Gasteiger partial charge in [0.15, 0.2) is 11.6 Å². The van der Waals surface area contributed by atoms with Crippen molar-refractivity contribution in [3.05, 3.63) is 76.2 Å². The maximum absolute atomic E-state index is 13.3. The van der Waals surface area contributed by atoms with Gasteiger partial charge in [-0.05, 0) is 31.2 Å². The van der Waals surface area contributed by atoms with E-state index in [4.69, 9.17) is 13.9 Å². The molecule has 0 N–H and O–H groups in total. The van der Waals surface area contributed by atoms with E-state index in [2.05, 4.69) is 9.97 Å². The highest BCUT2D eigenvalue weighted by Gasteiger charge is 2.31. The highest BCUT2D eigenvalue weighted by Crippen LogP contribution is 2.33. The number of carbonyl (C=O) groups excluding carboxylic acids is 1. The second-order valence-corrected chi connectivity index (χ2v) is 7.13. The Hall–Kier alpha value is -3.99. The average Bonchev–Trinajstić information content (AvgIpc) is 3.25. The van der Waals surface area contributed by atoms with Crippen molar-refractivity contribution < 1.29 is 31.9 Å². The minimum Gasteiger partial charge on any atom is -0.459 e. The number of hydrogen-bond acceptors (Lipinski definition) is 7. The van der Waals surface area contributed by atoms with Crippen LogP contribution in [0.3, 0.4) is 0 Å². The number of methoxy groups -OCH3 is 1. The molecule has 1 aromatic carbocycles. The van der Waals surface area contributed by atoms with Gasteiger partial charge in [0.25, 0.3) is 5.56 Å². The third-order valence-electron chi connectivity index (χ3n) is 4.86. The van der Waals surface area contributed by atoms with Crippen molar-refractivity contribution in [2.45, 2.75) is 19.7 Å². The number of aromatic nitrogens is 3. The van der Waals surface area contributed by atoms with Gasteiger partial charge >= 0.3 is 18.0 Å². The molecule has 34 heavy (non-hydrogen) atoms. The standard InChI is InChI=1S/C23H18F3N3O5/c1-3-33-22(31)20-28-19(18(34-20)14-4-7-15(8-5-14)23(24,25)26)29-11-10-13-6-9-16(12-32-2)27-17(13)21(29)30/h4-11H,3,12H2,1-2H3. The molecule has 0 aliphatic carbocycles. The molecule has 176 valence electrons. The zero-order valence-corrected chi connectivity index (χ0v) is 18.0. The molecule has 4 rings (SSSR count). The van der Waals surface area contributed by atoms with E-state index >= 15 is 0 Å². The fourth-order valence-electron chi connectivity index (χ4n) is 3.30. The van der Waals surface area contributed by atoms with Gasteiger partial charge in [0.05, 0.1) is 24.5 Å². The van der Waals surface area contributed by atoms with E-state index in [1.54, 1.807) is 25.1 Å². The summed E-state index contributed by atoms with van der Waals surface area (Å²) in [5, 5.41) is 0.561. The summed E-state index contributed by atoms with van der Waals surface area (Å²) < 4.78 is 55.6. The molecule has 0 fully saturated rings. The third-order valence-corrected chi connectivity index (χ3v) is 4.86. The number of nitrogens with zero attached hydrogens (tertiary/aromatic N) is 3. The van der Waals surface area contributed by atoms with Gasteiger partial charge in [0.1, 0.15) is 5.52 Å². The summed E-state index contributed by atoms with van der Waals surface area (Å²) >= 11 is 0. The van der Waals surface area contributed by atoms with Crippen LogP contribution in [0, 0.1) is 0 Å². The number of alkyl halides is 3. The van der Waals surface area contributed by atoms with Crippen molar-refractivity contribution >= 4 is 16.9 Å². The molecular weight excluding hydrogens is 455 g/mol. The summed E-state index contributed by atoms with van der Waals surface area (Å²) in [6.07, 6.45) is -3.11. The van der Waals surface area contributed by atoms with Crippen molar-refractivity contribution in [3.63, 3.8) is 0 Å². The monoisotopic (exact) mass is 473 g/mol. The fourth-order valence-corrected chi connectivity index (χ4v) is 3.30. The van der Waals surface area contributed by atoms with E-state index in [1.165, 1.54) is 25.4 Å². The molecule has 0 bridgehead atoms. The molecule has 0 saturated carbocycles. The molecule has 8 nitrogen and oxygen atoms in total. The van der Waals surface area contributed by atoms with Crippen LogP contribution >= 0.6 is 0 Å². The minimum atomic E-state index is -4.53. The van der Waals surface area contributed by atoms with Gasteiger partial charge in [-0.3, -0.25) is 9.36 Å². The maximum Gasteiger partial charge on any atom is 0.416 e. The zero-order chi connectivity index (χ0) is 24.5. The second-order valence-electron chi connectivity index (χ2n) is 7.13. The van der Waals surface area contributed by atoms with Gasteiger partial charge in [0.2, 0.25) is 0 Å². The van der Waals surface area contributed by atoms with Gasteiger partial charge in [-0.2, -0.15) is 18.2 Å². The van der Waals surface area contributed by atoms with Crippen LogP contribution in [0.4, 0.5) is 13.2 Å². The molecule has 0 aliphatic heterocycles. The van der Waals surface area contributed by atoms with Crippen LogP contribution in [0.25, 0.3) is 28.0 Å². The Kier molecular flexibility index (Phi) is 6.20. The SMILES string of the molecule is CCOC(=O)c1nc(-n2ccc3ccc(COC)nc3c2=O)c(-c2ccc(C(F)(F)F)cc2)o1. The van der Waals surface area contributed by atoms with Crippen LogP contribution in [0.1, 0.15) is 28.9 Å². The van der Waals surface area contributed by atoms with Gasteiger partial charge in [-0.25, -0.2) is 9.78 Å². The molecule has 0 saturated heterocycles. The number of rotatable bonds is 6. The van der Waals surface area contributed by atoms with Crippen molar-refractivity contribution in [1.82, 2.24) is 14.5 Å². The van der Waals surface area contributed by atoms with E-state index in [0.717, 1.165) is 16.7 Å². The largest absolute Gasteiger partial charge is 0.459 e. The number of ether oxygens (including phenoxy) is 2. The molecular formula is C23H18F3N3O5. The van der Waals surface area contributed by atoms with Crippen molar-refractivity contribution in [3.8, 4) is 17.1 Å². The zero-order valence-electron chi connectivity index (χ0n) is 18.0. The Morgan fingerprint density at radius 3 is 2.47 bits per heavy atom. The van der Waals surface area contributed by atoms with Crippen LogP contribution in [0.5, 0.6) is 0 Å². The van der Waals surface area contributed by atoms with Gasteiger partial charge < -0.3 is 13.9 Å². The minimum absolute atomic E-state index is 0.0499. The van der Waals surface area contributed by atoms with Crippen molar-refractivity contribution in [2.75, 3.05) is 13.7 Å². The highest BCUT2D eigenvalue weighted by atomic mass is 19.4. The molecule has 0 radical (unpaired) electrons. The lowest BCUT2D eigenvalue weighted by atomic mass is 10.1. The Morgan fingerprint density at radius 2 is 1.82 bits per heavy atom. The van der Waals surface area contributed by atoms with Gasteiger partial charge in [0, 0.05) is 24.3 Å². The summed E-state index contributed by atoms with van der Waals surface area (Å²) in [5.41, 5.74) is -0.594. The molecule has 0 atom stereocenters. The number of halogens is 3. The van der Waals surface area contributed by atoms with Crippen LogP contribution < -0.4 is 5.56 Å². The van der Waals surface area contributed by atoms with E-state index < -0.39 is 29.2 Å². The first-order valence-corrected chi connectivity index (χ1v) is 10.1. The van der Waals surface area contributed by atoms with E-state index in [1.807, 2.05) is 0 Å².